The van der Waals surface area contributed by atoms with Gasteiger partial charge in [0, 0.05) is 23.5 Å². The Bertz CT molecular complexity index is 880. The number of ether oxygens (including phenoxy) is 1. The Labute approximate surface area is 142 Å². The third-order valence-corrected chi connectivity index (χ3v) is 3.64. The topological polar surface area (TPSA) is 106 Å². The molecule has 4 N–H and O–H groups in total. The van der Waals surface area contributed by atoms with E-state index in [4.69, 9.17) is 22.1 Å². The number of hydrogen-bond acceptors (Lipinski definition) is 5. The number of benzene rings is 1. The first-order valence-electron chi connectivity index (χ1n) is 6.98. The molecule has 0 atom stereocenters. The van der Waals surface area contributed by atoms with Gasteiger partial charge in [0.2, 0.25) is 0 Å². The lowest BCUT2D eigenvalue weighted by Crippen LogP contribution is -2.14. The fourth-order valence-corrected chi connectivity index (χ4v) is 2.51. The zero-order valence-corrected chi connectivity index (χ0v) is 13.5. The maximum atomic E-state index is 11.6. The largest absolute Gasteiger partial charge is 0.494 e. The number of rotatable bonds is 5. The predicted octanol–water partition coefficient (Wildman–Crippen LogP) is 2.98. The number of halogens is 1. The number of hydrogen-bond donors (Lipinski definition) is 3. The molecule has 0 bridgehead atoms. The van der Waals surface area contributed by atoms with E-state index in [0.717, 1.165) is 11.1 Å². The normalized spacial score (nSPS) is 10.4. The number of aromatic nitrogens is 3. The Morgan fingerprint density at radius 3 is 2.83 bits per heavy atom. The summed E-state index contributed by atoms with van der Waals surface area (Å²) >= 11 is 5.93. The standard InChI is InChI=1S/C16H14ClN5O2/c1-24-15-10(9-6-20-21-7-9)3-2-4-12(15)22-13-5-14(17)19-8-11(13)16(18)23/h2-8H,1H3,(H2,18,23)(H,19,22)(H,20,21). The molecule has 1 amide bonds. The Hall–Kier alpha value is -3.06. The molecule has 2 heterocycles. The first-order chi connectivity index (χ1) is 11.6. The van der Waals surface area contributed by atoms with Gasteiger partial charge in [-0.25, -0.2) is 4.98 Å². The van der Waals surface area contributed by atoms with Crippen LogP contribution in [0.5, 0.6) is 5.75 Å². The summed E-state index contributed by atoms with van der Waals surface area (Å²) in [4.78, 5) is 15.5. The van der Waals surface area contributed by atoms with Gasteiger partial charge in [-0.05, 0) is 12.1 Å². The number of nitrogens with two attached hydrogens (primary N) is 1. The summed E-state index contributed by atoms with van der Waals surface area (Å²) in [5, 5.41) is 10.1. The lowest BCUT2D eigenvalue weighted by Gasteiger charge is -2.16. The van der Waals surface area contributed by atoms with Gasteiger partial charge in [-0.2, -0.15) is 5.10 Å². The second-order valence-electron chi connectivity index (χ2n) is 4.92. The first-order valence-corrected chi connectivity index (χ1v) is 7.36. The van der Waals surface area contributed by atoms with Crippen LogP contribution in [0.2, 0.25) is 5.15 Å². The molecular formula is C16H14ClN5O2. The molecule has 8 heteroatoms. The van der Waals surface area contributed by atoms with Crippen LogP contribution in [0.1, 0.15) is 10.4 Å². The number of aromatic amines is 1. The highest BCUT2D eigenvalue weighted by Gasteiger charge is 2.15. The van der Waals surface area contributed by atoms with Crippen molar-refractivity contribution in [3.8, 4) is 16.9 Å². The number of methoxy groups -OCH3 is 1. The van der Waals surface area contributed by atoms with Crippen molar-refractivity contribution in [2.45, 2.75) is 0 Å². The molecule has 0 fully saturated rings. The average molecular weight is 344 g/mol. The Morgan fingerprint density at radius 2 is 2.17 bits per heavy atom. The van der Waals surface area contributed by atoms with E-state index in [1.54, 1.807) is 19.5 Å². The maximum Gasteiger partial charge on any atom is 0.252 e. The molecule has 0 saturated heterocycles. The van der Waals surface area contributed by atoms with Crippen molar-refractivity contribution in [3.05, 3.63) is 53.6 Å². The number of carbonyl (C=O) groups excluding carboxylic acids is 1. The van der Waals surface area contributed by atoms with Gasteiger partial charge < -0.3 is 15.8 Å². The molecule has 0 saturated carbocycles. The van der Waals surface area contributed by atoms with Crippen LogP contribution in [0, 0.1) is 0 Å². The molecular weight excluding hydrogens is 330 g/mol. The summed E-state index contributed by atoms with van der Waals surface area (Å²) in [5.41, 5.74) is 8.44. The predicted molar refractivity (Wildman–Crippen MR) is 91.6 cm³/mol. The molecule has 0 radical (unpaired) electrons. The second kappa shape index (κ2) is 6.59. The number of anilines is 2. The van der Waals surface area contributed by atoms with E-state index in [1.807, 2.05) is 18.2 Å². The Morgan fingerprint density at radius 1 is 1.33 bits per heavy atom. The van der Waals surface area contributed by atoms with Crippen LogP contribution in [0.15, 0.2) is 42.9 Å². The molecule has 3 aromatic rings. The van der Waals surface area contributed by atoms with E-state index >= 15 is 0 Å². The van der Waals surface area contributed by atoms with E-state index in [9.17, 15) is 4.79 Å². The van der Waals surface area contributed by atoms with E-state index in [2.05, 4.69) is 20.5 Å². The smallest absolute Gasteiger partial charge is 0.252 e. The van der Waals surface area contributed by atoms with Gasteiger partial charge in [0.1, 0.15) is 10.9 Å². The number of nitrogens with one attached hydrogen (secondary N) is 2. The molecule has 0 unspecified atom stereocenters. The second-order valence-corrected chi connectivity index (χ2v) is 5.30. The van der Waals surface area contributed by atoms with Crippen LogP contribution < -0.4 is 15.8 Å². The van der Waals surface area contributed by atoms with Gasteiger partial charge in [0.05, 0.1) is 30.2 Å². The molecule has 0 aliphatic rings. The van der Waals surface area contributed by atoms with Crippen LogP contribution in [-0.4, -0.2) is 28.2 Å². The third kappa shape index (κ3) is 3.02. The number of carbonyl (C=O) groups is 1. The quantitative estimate of drug-likeness (QED) is 0.617. The molecule has 3 rings (SSSR count). The lowest BCUT2D eigenvalue weighted by molar-refractivity contribution is 0.100. The molecule has 0 spiro atoms. The minimum atomic E-state index is -0.605. The van der Waals surface area contributed by atoms with Crippen molar-refractivity contribution >= 4 is 28.9 Å². The number of nitrogens with zero attached hydrogens (tertiary/aromatic N) is 2. The summed E-state index contributed by atoms with van der Waals surface area (Å²) < 4.78 is 5.53. The summed E-state index contributed by atoms with van der Waals surface area (Å²) in [6.45, 7) is 0. The van der Waals surface area contributed by atoms with Crippen LogP contribution in [0.4, 0.5) is 11.4 Å². The van der Waals surface area contributed by atoms with Crippen molar-refractivity contribution < 1.29 is 9.53 Å². The number of primary amides is 1. The highest BCUT2D eigenvalue weighted by atomic mass is 35.5. The van der Waals surface area contributed by atoms with Crippen molar-refractivity contribution in [2.75, 3.05) is 12.4 Å². The number of H-pyrrole nitrogens is 1. The molecule has 7 nitrogen and oxygen atoms in total. The van der Waals surface area contributed by atoms with Crippen LogP contribution in [0.25, 0.3) is 11.1 Å². The van der Waals surface area contributed by atoms with Crippen molar-refractivity contribution in [3.63, 3.8) is 0 Å². The molecule has 0 aliphatic carbocycles. The number of para-hydroxylation sites is 1. The van der Waals surface area contributed by atoms with Gasteiger partial charge >= 0.3 is 0 Å². The van der Waals surface area contributed by atoms with E-state index < -0.39 is 5.91 Å². The highest BCUT2D eigenvalue weighted by molar-refractivity contribution is 6.29. The van der Waals surface area contributed by atoms with E-state index in [-0.39, 0.29) is 10.7 Å². The average Bonchev–Trinajstić information content (AvgIpc) is 3.08. The molecule has 24 heavy (non-hydrogen) atoms. The summed E-state index contributed by atoms with van der Waals surface area (Å²) in [7, 11) is 1.57. The Kier molecular flexibility index (Phi) is 4.35. The lowest BCUT2D eigenvalue weighted by atomic mass is 10.1. The maximum absolute atomic E-state index is 11.6. The van der Waals surface area contributed by atoms with Crippen LogP contribution in [-0.2, 0) is 0 Å². The molecule has 122 valence electrons. The molecule has 1 aromatic carbocycles. The van der Waals surface area contributed by atoms with Crippen LogP contribution in [0.3, 0.4) is 0 Å². The van der Waals surface area contributed by atoms with Crippen LogP contribution >= 0.6 is 11.6 Å². The summed E-state index contributed by atoms with van der Waals surface area (Å²) in [5.74, 6) is -0.00567. The first kappa shape index (κ1) is 15.8. The fraction of sp³-hybridized carbons (Fsp3) is 0.0625. The van der Waals surface area contributed by atoms with Gasteiger partial charge in [-0.1, -0.05) is 23.7 Å². The van der Waals surface area contributed by atoms with Crippen molar-refractivity contribution in [1.29, 1.82) is 0 Å². The monoisotopic (exact) mass is 343 g/mol. The van der Waals surface area contributed by atoms with Gasteiger partial charge in [-0.15, -0.1) is 0 Å². The van der Waals surface area contributed by atoms with E-state index in [0.29, 0.717) is 17.1 Å². The summed E-state index contributed by atoms with van der Waals surface area (Å²) in [6, 6.07) is 7.12. The van der Waals surface area contributed by atoms with Gasteiger partial charge in [0.25, 0.3) is 5.91 Å². The molecule has 2 aromatic heterocycles. The molecule has 0 aliphatic heterocycles. The van der Waals surface area contributed by atoms with E-state index in [1.165, 1.54) is 12.3 Å². The Balaban J connectivity index is 2.07. The SMILES string of the molecule is COc1c(Nc2cc(Cl)ncc2C(N)=O)cccc1-c1cn[nH]c1. The van der Waals surface area contributed by atoms with Gasteiger partial charge in [0.15, 0.2) is 0 Å². The fourth-order valence-electron chi connectivity index (χ4n) is 2.36. The zero-order chi connectivity index (χ0) is 17.1. The minimum Gasteiger partial charge on any atom is -0.494 e. The minimum absolute atomic E-state index is 0.232. The zero-order valence-electron chi connectivity index (χ0n) is 12.7. The van der Waals surface area contributed by atoms with Gasteiger partial charge in [-0.3, -0.25) is 9.89 Å². The number of pyridine rings is 1. The third-order valence-electron chi connectivity index (χ3n) is 3.43. The van der Waals surface area contributed by atoms with Crippen molar-refractivity contribution in [2.24, 2.45) is 5.73 Å². The van der Waals surface area contributed by atoms with Crippen molar-refractivity contribution in [1.82, 2.24) is 15.2 Å². The summed E-state index contributed by atoms with van der Waals surface area (Å²) in [6.07, 6.45) is 4.79. The number of amides is 1. The highest BCUT2D eigenvalue weighted by Crippen LogP contribution is 2.38.